The topological polar surface area (TPSA) is 21.3 Å². The lowest BCUT2D eigenvalue weighted by Gasteiger charge is -2.15. The summed E-state index contributed by atoms with van der Waals surface area (Å²) in [4.78, 5) is 0. The molecule has 0 spiro atoms. The van der Waals surface area contributed by atoms with Gasteiger partial charge in [0.15, 0.2) is 0 Å². The van der Waals surface area contributed by atoms with Crippen LogP contribution in [0.5, 0.6) is 5.75 Å². The van der Waals surface area contributed by atoms with Crippen LogP contribution in [0.2, 0.25) is 0 Å². The molecule has 0 atom stereocenters. The second kappa shape index (κ2) is 6.24. The number of aryl methyl sites for hydroxylation is 2. The van der Waals surface area contributed by atoms with Crippen molar-refractivity contribution in [1.29, 1.82) is 0 Å². The Morgan fingerprint density at radius 3 is 2.61 bits per heavy atom. The average Bonchev–Trinajstić information content (AvgIpc) is 2.84. The lowest BCUT2D eigenvalue weighted by atomic mass is 10.0. The van der Waals surface area contributed by atoms with Crippen molar-refractivity contribution in [2.24, 2.45) is 0 Å². The SMILES string of the molecule is COc1cc(C)cc(C)c1CCNC1CCCC1. The van der Waals surface area contributed by atoms with Gasteiger partial charge in [-0.2, -0.15) is 0 Å². The van der Waals surface area contributed by atoms with E-state index in [1.54, 1.807) is 7.11 Å². The van der Waals surface area contributed by atoms with Crippen molar-refractivity contribution in [1.82, 2.24) is 5.32 Å². The van der Waals surface area contributed by atoms with Crippen LogP contribution in [0.1, 0.15) is 42.4 Å². The molecule has 0 bridgehead atoms. The Morgan fingerprint density at radius 2 is 1.94 bits per heavy atom. The first-order valence-corrected chi connectivity index (χ1v) is 7.08. The molecule has 2 rings (SSSR count). The minimum absolute atomic E-state index is 0.752. The van der Waals surface area contributed by atoms with Gasteiger partial charge in [0, 0.05) is 6.04 Å². The second-order valence-corrected chi connectivity index (χ2v) is 5.45. The molecule has 100 valence electrons. The van der Waals surface area contributed by atoms with Crippen LogP contribution in [0.3, 0.4) is 0 Å². The molecule has 1 aliphatic rings. The number of hydrogen-bond acceptors (Lipinski definition) is 2. The van der Waals surface area contributed by atoms with E-state index >= 15 is 0 Å². The Labute approximate surface area is 111 Å². The molecule has 1 aromatic carbocycles. The lowest BCUT2D eigenvalue weighted by molar-refractivity contribution is 0.407. The van der Waals surface area contributed by atoms with Gasteiger partial charge in [-0.25, -0.2) is 0 Å². The zero-order chi connectivity index (χ0) is 13.0. The number of ether oxygens (including phenoxy) is 1. The van der Waals surface area contributed by atoms with Gasteiger partial charge in [-0.1, -0.05) is 18.9 Å². The third-order valence-electron chi connectivity index (χ3n) is 3.96. The standard InChI is InChI=1S/C16H25NO/c1-12-10-13(2)15(16(11-12)18-3)8-9-17-14-6-4-5-7-14/h10-11,14,17H,4-9H2,1-3H3. The smallest absolute Gasteiger partial charge is 0.122 e. The van der Waals surface area contributed by atoms with Crippen molar-refractivity contribution < 1.29 is 4.74 Å². The summed E-state index contributed by atoms with van der Waals surface area (Å²) in [5.74, 6) is 1.04. The molecular weight excluding hydrogens is 222 g/mol. The molecular formula is C16H25NO. The third-order valence-corrected chi connectivity index (χ3v) is 3.96. The molecule has 1 saturated carbocycles. The maximum absolute atomic E-state index is 5.50. The van der Waals surface area contributed by atoms with Gasteiger partial charge in [-0.15, -0.1) is 0 Å². The predicted molar refractivity (Wildman–Crippen MR) is 76.4 cm³/mol. The van der Waals surface area contributed by atoms with Crippen LogP contribution in [0.4, 0.5) is 0 Å². The predicted octanol–water partition coefficient (Wildman–Crippen LogP) is 3.39. The molecule has 0 aliphatic heterocycles. The van der Waals surface area contributed by atoms with Gasteiger partial charge < -0.3 is 10.1 Å². The molecule has 0 aromatic heterocycles. The summed E-state index contributed by atoms with van der Waals surface area (Å²) in [6, 6.07) is 5.13. The maximum Gasteiger partial charge on any atom is 0.122 e. The van der Waals surface area contributed by atoms with Gasteiger partial charge in [0.1, 0.15) is 5.75 Å². The average molecular weight is 247 g/mol. The largest absolute Gasteiger partial charge is 0.496 e. The Bertz CT molecular complexity index is 394. The fourth-order valence-electron chi connectivity index (χ4n) is 2.99. The first kappa shape index (κ1) is 13.4. The highest BCUT2D eigenvalue weighted by Gasteiger charge is 2.14. The van der Waals surface area contributed by atoms with Crippen molar-refractivity contribution in [2.75, 3.05) is 13.7 Å². The zero-order valence-corrected chi connectivity index (χ0v) is 11.9. The summed E-state index contributed by atoms with van der Waals surface area (Å²) in [5.41, 5.74) is 3.98. The maximum atomic E-state index is 5.50. The molecule has 2 nitrogen and oxygen atoms in total. The summed E-state index contributed by atoms with van der Waals surface area (Å²) in [6.07, 6.45) is 6.55. The molecule has 0 unspecified atom stereocenters. The highest BCUT2D eigenvalue weighted by atomic mass is 16.5. The number of rotatable bonds is 5. The van der Waals surface area contributed by atoms with Crippen LogP contribution in [-0.4, -0.2) is 19.7 Å². The summed E-state index contributed by atoms with van der Waals surface area (Å²) in [5, 5.41) is 3.67. The van der Waals surface area contributed by atoms with Crippen LogP contribution in [0.25, 0.3) is 0 Å². The highest BCUT2D eigenvalue weighted by Crippen LogP contribution is 2.24. The van der Waals surface area contributed by atoms with Crippen molar-refractivity contribution >= 4 is 0 Å². The number of methoxy groups -OCH3 is 1. The molecule has 0 saturated heterocycles. The van der Waals surface area contributed by atoms with Crippen molar-refractivity contribution in [2.45, 2.75) is 52.0 Å². The van der Waals surface area contributed by atoms with Gasteiger partial charge in [0.2, 0.25) is 0 Å². The molecule has 0 amide bonds. The second-order valence-electron chi connectivity index (χ2n) is 5.45. The zero-order valence-electron chi connectivity index (χ0n) is 11.9. The Kier molecular flexibility index (Phi) is 4.65. The molecule has 2 heteroatoms. The van der Waals surface area contributed by atoms with Crippen molar-refractivity contribution in [3.8, 4) is 5.75 Å². The summed E-state index contributed by atoms with van der Waals surface area (Å²) in [7, 11) is 1.77. The molecule has 1 N–H and O–H groups in total. The van der Waals surface area contributed by atoms with Crippen LogP contribution in [0.15, 0.2) is 12.1 Å². The van der Waals surface area contributed by atoms with Crippen molar-refractivity contribution in [3.05, 3.63) is 28.8 Å². The van der Waals surface area contributed by atoms with E-state index in [9.17, 15) is 0 Å². The van der Waals surface area contributed by atoms with Gasteiger partial charge in [0.05, 0.1) is 7.11 Å². The minimum Gasteiger partial charge on any atom is -0.496 e. The molecule has 1 aliphatic carbocycles. The first-order valence-electron chi connectivity index (χ1n) is 7.08. The highest BCUT2D eigenvalue weighted by molar-refractivity contribution is 5.43. The van der Waals surface area contributed by atoms with Crippen LogP contribution in [-0.2, 0) is 6.42 Å². The van der Waals surface area contributed by atoms with Gasteiger partial charge in [0.25, 0.3) is 0 Å². The fourth-order valence-corrected chi connectivity index (χ4v) is 2.99. The monoisotopic (exact) mass is 247 g/mol. The van der Waals surface area contributed by atoms with E-state index in [1.807, 2.05) is 0 Å². The molecule has 1 aromatic rings. The molecule has 0 heterocycles. The normalized spacial score (nSPS) is 16.2. The summed E-state index contributed by atoms with van der Waals surface area (Å²) >= 11 is 0. The van der Waals surface area contributed by atoms with E-state index in [-0.39, 0.29) is 0 Å². The number of nitrogens with one attached hydrogen (secondary N) is 1. The van der Waals surface area contributed by atoms with Crippen LogP contribution >= 0.6 is 0 Å². The van der Waals surface area contributed by atoms with E-state index < -0.39 is 0 Å². The summed E-state index contributed by atoms with van der Waals surface area (Å²) < 4.78 is 5.50. The number of benzene rings is 1. The third kappa shape index (κ3) is 3.26. The summed E-state index contributed by atoms with van der Waals surface area (Å²) in [6.45, 7) is 5.36. The Morgan fingerprint density at radius 1 is 1.22 bits per heavy atom. The molecule has 18 heavy (non-hydrogen) atoms. The van der Waals surface area contributed by atoms with Crippen molar-refractivity contribution in [3.63, 3.8) is 0 Å². The molecule has 0 radical (unpaired) electrons. The van der Waals surface area contributed by atoms with E-state index in [0.29, 0.717) is 0 Å². The minimum atomic E-state index is 0.752. The van der Waals surface area contributed by atoms with Gasteiger partial charge in [-0.3, -0.25) is 0 Å². The van der Waals surface area contributed by atoms with Crippen LogP contribution < -0.4 is 10.1 Å². The van der Waals surface area contributed by atoms with Gasteiger partial charge >= 0.3 is 0 Å². The Hall–Kier alpha value is -1.02. The van der Waals surface area contributed by atoms with E-state index in [0.717, 1.165) is 24.8 Å². The van der Waals surface area contributed by atoms with E-state index in [2.05, 4.69) is 31.3 Å². The quantitative estimate of drug-likeness (QED) is 0.861. The van der Waals surface area contributed by atoms with Crippen LogP contribution in [0, 0.1) is 13.8 Å². The Balaban J connectivity index is 1.95. The lowest BCUT2D eigenvalue weighted by Crippen LogP contribution is -2.28. The van der Waals surface area contributed by atoms with E-state index in [4.69, 9.17) is 4.74 Å². The van der Waals surface area contributed by atoms with E-state index in [1.165, 1.54) is 42.4 Å². The van der Waals surface area contributed by atoms with Gasteiger partial charge in [-0.05, 0) is 62.4 Å². The molecule has 1 fully saturated rings. The number of hydrogen-bond donors (Lipinski definition) is 1. The fraction of sp³-hybridized carbons (Fsp3) is 0.625. The first-order chi connectivity index (χ1) is 8.70.